The zero-order chi connectivity index (χ0) is 17.9. The Morgan fingerprint density at radius 2 is 1.73 bits per heavy atom. The lowest BCUT2D eigenvalue weighted by Gasteiger charge is -2.23. The van der Waals surface area contributed by atoms with Gasteiger partial charge in [-0.3, -0.25) is 0 Å². The van der Waals surface area contributed by atoms with Crippen LogP contribution in [0.2, 0.25) is 0 Å². The topological polar surface area (TPSA) is 72.2 Å². The summed E-state index contributed by atoms with van der Waals surface area (Å²) in [5, 5.41) is 17.8. The van der Waals surface area contributed by atoms with E-state index in [1.165, 1.54) is 5.56 Å². The highest BCUT2D eigenvalue weighted by Crippen LogP contribution is 2.24. The molecule has 0 unspecified atom stereocenters. The molecule has 0 saturated carbocycles. The van der Waals surface area contributed by atoms with E-state index in [4.69, 9.17) is 14.8 Å². The van der Waals surface area contributed by atoms with E-state index in [1.807, 2.05) is 24.3 Å². The fourth-order valence-corrected chi connectivity index (χ4v) is 3.03. The van der Waals surface area contributed by atoms with E-state index >= 15 is 0 Å². The summed E-state index contributed by atoms with van der Waals surface area (Å²) in [7, 11) is 0. The van der Waals surface area contributed by atoms with Crippen LogP contribution in [0.25, 0.3) is 17.1 Å². The summed E-state index contributed by atoms with van der Waals surface area (Å²) in [5.41, 5.74) is 3.03. The number of aromatic nitrogens is 3. The van der Waals surface area contributed by atoms with Crippen LogP contribution in [0, 0.1) is 6.92 Å². The molecule has 1 aliphatic rings. The third kappa shape index (κ3) is 3.55. The SMILES string of the molecule is Cc1ccc(-c2nc(NC3CCOCC3)n(-c3ccc(O)cc3)n2)cc1. The average molecular weight is 350 g/mol. The molecule has 3 aromatic rings. The first-order chi connectivity index (χ1) is 12.7. The van der Waals surface area contributed by atoms with Crippen molar-refractivity contribution in [2.24, 2.45) is 0 Å². The first kappa shape index (κ1) is 16.6. The van der Waals surface area contributed by atoms with Crippen molar-refractivity contribution in [3.8, 4) is 22.8 Å². The van der Waals surface area contributed by atoms with Gasteiger partial charge in [-0.2, -0.15) is 9.67 Å². The maximum atomic E-state index is 9.57. The Morgan fingerprint density at radius 1 is 1.04 bits per heavy atom. The lowest BCUT2D eigenvalue weighted by atomic mass is 10.1. The molecule has 0 atom stereocenters. The van der Waals surface area contributed by atoms with Crippen LogP contribution in [-0.2, 0) is 4.74 Å². The van der Waals surface area contributed by atoms with Crippen LogP contribution in [0.5, 0.6) is 5.75 Å². The maximum absolute atomic E-state index is 9.57. The molecular weight excluding hydrogens is 328 g/mol. The molecule has 6 nitrogen and oxygen atoms in total. The molecule has 134 valence electrons. The van der Waals surface area contributed by atoms with Crippen LogP contribution < -0.4 is 5.32 Å². The predicted octanol–water partition coefficient (Wildman–Crippen LogP) is 3.54. The molecule has 0 amide bonds. The van der Waals surface area contributed by atoms with Gasteiger partial charge in [0.25, 0.3) is 0 Å². The molecular formula is C20H22N4O2. The molecule has 0 radical (unpaired) electrons. The van der Waals surface area contributed by atoms with Crippen molar-refractivity contribution in [1.29, 1.82) is 0 Å². The fourth-order valence-electron chi connectivity index (χ4n) is 3.03. The molecule has 26 heavy (non-hydrogen) atoms. The highest BCUT2D eigenvalue weighted by molar-refractivity contribution is 5.58. The Balaban J connectivity index is 1.71. The third-order valence-electron chi connectivity index (χ3n) is 4.57. The Hall–Kier alpha value is -2.86. The number of nitrogens with one attached hydrogen (secondary N) is 1. The number of hydrogen-bond donors (Lipinski definition) is 2. The van der Waals surface area contributed by atoms with E-state index in [-0.39, 0.29) is 5.75 Å². The largest absolute Gasteiger partial charge is 0.508 e. The number of nitrogens with zero attached hydrogens (tertiary/aromatic N) is 3. The van der Waals surface area contributed by atoms with Gasteiger partial charge in [0.15, 0.2) is 5.82 Å². The molecule has 0 bridgehead atoms. The van der Waals surface area contributed by atoms with E-state index in [0.29, 0.717) is 17.8 Å². The summed E-state index contributed by atoms with van der Waals surface area (Å²) in [6, 6.07) is 15.5. The van der Waals surface area contributed by atoms with Gasteiger partial charge in [-0.25, -0.2) is 0 Å². The summed E-state index contributed by atoms with van der Waals surface area (Å²) in [4.78, 5) is 4.74. The lowest BCUT2D eigenvalue weighted by molar-refractivity contribution is 0.0902. The van der Waals surface area contributed by atoms with E-state index < -0.39 is 0 Å². The predicted molar refractivity (Wildman–Crippen MR) is 101 cm³/mol. The van der Waals surface area contributed by atoms with E-state index in [1.54, 1.807) is 16.8 Å². The molecule has 2 N–H and O–H groups in total. The summed E-state index contributed by atoms with van der Waals surface area (Å²) in [5.74, 6) is 1.61. The zero-order valence-corrected chi connectivity index (χ0v) is 14.7. The van der Waals surface area contributed by atoms with Crippen molar-refractivity contribution < 1.29 is 9.84 Å². The minimum absolute atomic E-state index is 0.228. The maximum Gasteiger partial charge on any atom is 0.226 e. The van der Waals surface area contributed by atoms with Crippen molar-refractivity contribution >= 4 is 5.95 Å². The Kier molecular flexibility index (Phi) is 4.58. The van der Waals surface area contributed by atoms with Crippen LogP contribution in [0.1, 0.15) is 18.4 Å². The minimum atomic E-state index is 0.228. The standard InChI is InChI=1S/C20H22N4O2/c1-14-2-4-15(5-3-14)19-22-20(21-16-10-12-26-13-11-16)24(23-19)17-6-8-18(25)9-7-17/h2-9,16,25H,10-13H2,1H3,(H,21,22,23). The first-order valence-electron chi connectivity index (χ1n) is 8.87. The number of rotatable bonds is 4. The van der Waals surface area contributed by atoms with Crippen molar-refractivity contribution in [3.63, 3.8) is 0 Å². The summed E-state index contributed by atoms with van der Waals surface area (Å²) in [6.07, 6.45) is 1.89. The number of phenolic OH excluding ortho intramolecular Hbond substituents is 1. The van der Waals surface area contributed by atoms with Gasteiger partial charge in [0.1, 0.15) is 5.75 Å². The minimum Gasteiger partial charge on any atom is -0.508 e. The van der Waals surface area contributed by atoms with E-state index in [2.05, 4.69) is 24.4 Å². The van der Waals surface area contributed by atoms with E-state index in [9.17, 15) is 5.11 Å². The van der Waals surface area contributed by atoms with Crippen molar-refractivity contribution in [1.82, 2.24) is 14.8 Å². The van der Waals surface area contributed by atoms with Crippen LogP contribution in [0.3, 0.4) is 0 Å². The van der Waals surface area contributed by atoms with Crippen LogP contribution in [0.4, 0.5) is 5.95 Å². The Bertz CT molecular complexity index is 866. The molecule has 4 rings (SSSR count). The van der Waals surface area contributed by atoms with E-state index in [0.717, 1.165) is 37.3 Å². The lowest BCUT2D eigenvalue weighted by Crippen LogP contribution is -2.29. The first-order valence-corrected chi connectivity index (χ1v) is 8.87. The van der Waals surface area contributed by atoms with Crippen molar-refractivity contribution in [2.45, 2.75) is 25.8 Å². The Labute approximate surface area is 152 Å². The second-order valence-corrected chi connectivity index (χ2v) is 6.58. The molecule has 1 fully saturated rings. The van der Waals surface area contributed by atoms with Crippen LogP contribution >= 0.6 is 0 Å². The highest BCUT2D eigenvalue weighted by atomic mass is 16.5. The Morgan fingerprint density at radius 3 is 2.42 bits per heavy atom. The number of phenols is 1. The van der Waals surface area contributed by atoms with Gasteiger partial charge in [0.2, 0.25) is 5.95 Å². The van der Waals surface area contributed by atoms with Crippen LogP contribution in [0.15, 0.2) is 48.5 Å². The van der Waals surface area contributed by atoms with Gasteiger partial charge < -0.3 is 15.2 Å². The smallest absolute Gasteiger partial charge is 0.226 e. The van der Waals surface area contributed by atoms with Gasteiger partial charge >= 0.3 is 0 Å². The van der Waals surface area contributed by atoms with Gasteiger partial charge in [-0.15, -0.1) is 5.10 Å². The molecule has 0 spiro atoms. The number of ether oxygens (including phenoxy) is 1. The van der Waals surface area contributed by atoms with Gasteiger partial charge in [0, 0.05) is 24.8 Å². The molecule has 1 aromatic heterocycles. The van der Waals surface area contributed by atoms with Crippen molar-refractivity contribution in [3.05, 3.63) is 54.1 Å². The summed E-state index contributed by atoms with van der Waals surface area (Å²) >= 11 is 0. The number of benzene rings is 2. The molecule has 2 heterocycles. The molecule has 6 heteroatoms. The third-order valence-corrected chi connectivity index (χ3v) is 4.57. The zero-order valence-electron chi connectivity index (χ0n) is 14.7. The second kappa shape index (κ2) is 7.17. The molecule has 2 aromatic carbocycles. The number of aryl methyl sites for hydroxylation is 1. The fraction of sp³-hybridized carbons (Fsp3) is 0.300. The van der Waals surface area contributed by atoms with Crippen molar-refractivity contribution in [2.75, 3.05) is 18.5 Å². The summed E-state index contributed by atoms with van der Waals surface area (Å²) in [6.45, 7) is 3.58. The number of hydrogen-bond acceptors (Lipinski definition) is 5. The van der Waals surface area contributed by atoms with Gasteiger partial charge in [-0.1, -0.05) is 29.8 Å². The molecule has 1 aliphatic heterocycles. The molecule has 1 saturated heterocycles. The molecule has 0 aliphatic carbocycles. The monoisotopic (exact) mass is 350 g/mol. The second-order valence-electron chi connectivity index (χ2n) is 6.58. The van der Waals surface area contributed by atoms with Gasteiger partial charge in [0.05, 0.1) is 5.69 Å². The number of anilines is 1. The quantitative estimate of drug-likeness (QED) is 0.753. The van der Waals surface area contributed by atoms with Gasteiger partial charge in [-0.05, 0) is 44.0 Å². The summed E-state index contributed by atoms with van der Waals surface area (Å²) < 4.78 is 7.24. The highest BCUT2D eigenvalue weighted by Gasteiger charge is 2.19. The van der Waals surface area contributed by atoms with Crippen LogP contribution in [-0.4, -0.2) is 39.1 Å². The average Bonchev–Trinajstić information content (AvgIpc) is 3.07. The number of aromatic hydroxyl groups is 1. The normalized spacial score (nSPS) is 15.1.